The third-order valence-corrected chi connectivity index (χ3v) is 3.46. The Bertz CT molecular complexity index is 714. The van der Waals surface area contributed by atoms with Crippen LogP contribution in [0.1, 0.15) is 37.2 Å². The van der Waals surface area contributed by atoms with Crippen molar-refractivity contribution in [2.24, 2.45) is 0 Å². The van der Waals surface area contributed by atoms with Gasteiger partial charge in [-0.05, 0) is 26.0 Å². The summed E-state index contributed by atoms with van der Waals surface area (Å²) < 4.78 is 0. The zero-order valence-electron chi connectivity index (χ0n) is 11.4. The van der Waals surface area contributed by atoms with Gasteiger partial charge in [0, 0.05) is 11.1 Å². The first-order chi connectivity index (χ1) is 9.58. The van der Waals surface area contributed by atoms with Gasteiger partial charge in [0.15, 0.2) is 0 Å². The molecule has 2 aromatic carbocycles. The molecule has 0 aliphatic rings. The van der Waals surface area contributed by atoms with Gasteiger partial charge in [-0.2, -0.15) is 0 Å². The van der Waals surface area contributed by atoms with Gasteiger partial charge < -0.3 is 10.2 Å². The van der Waals surface area contributed by atoms with E-state index in [0.717, 1.165) is 22.2 Å². The second-order valence-corrected chi connectivity index (χ2v) is 5.01. The maximum absolute atomic E-state index is 9.83. The lowest BCUT2D eigenvalue weighted by atomic mass is 10.1. The van der Waals surface area contributed by atoms with Crippen LogP contribution in [0.5, 0.6) is 0 Å². The number of rotatable bonds is 2. The highest BCUT2D eigenvalue weighted by Gasteiger charge is 2.13. The molecule has 3 aromatic rings. The molecule has 2 atom stereocenters. The van der Waals surface area contributed by atoms with E-state index >= 15 is 0 Å². The highest BCUT2D eigenvalue weighted by Crippen LogP contribution is 2.27. The highest BCUT2D eigenvalue weighted by atomic mass is 16.3. The molecule has 2 N–H and O–H groups in total. The summed E-state index contributed by atoms with van der Waals surface area (Å²) in [6.07, 6.45) is -1.18. The van der Waals surface area contributed by atoms with Crippen LogP contribution in [0.3, 0.4) is 0 Å². The minimum Gasteiger partial charge on any atom is -0.389 e. The number of nitrogens with zero attached hydrogens (tertiary/aromatic N) is 2. The molecule has 0 spiro atoms. The largest absolute Gasteiger partial charge is 0.389 e. The fraction of sp³-hybridized carbons (Fsp3) is 0.250. The van der Waals surface area contributed by atoms with E-state index in [-0.39, 0.29) is 0 Å². The Kier molecular flexibility index (Phi) is 3.12. The lowest BCUT2D eigenvalue weighted by Gasteiger charge is -2.11. The highest BCUT2D eigenvalue weighted by molar-refractivity contribution is 5.89. The number of fused-ring (bicyclic) bond motifs is 2. The topological polar surface area (TPSA) is 66.2 Å². The first-order valence-corrected chi connectivity index (χ1v) is 6.63. The summed E-state index contributed by atoms with van der Waals surface area (Å²) in [6.45, 7) is 3.43. The van der Waals surface area contributed by atoms with Crippen molar-refractivity contribution in [3.63, 3.8) is 0 Å². The summed E-state index contributed by atoms with van der Waals surface area (Å²) in [4.78, 5) is 9.22. The van der Waals surface area contributed by atoms with Crippen LogP contribution in [-0.4, -0.2) is 20.2 Å². The van der Waals surface area contributed by atoms with Crippen LogP contribution < -0.4 is 0 Å². The van der Waals surface area contributed by atoms with Gasteiger partial charge in [0.1, 0.15) is 0 Å². The standard InChI is InChI=1S/C16H16N2O2/c1-9(19)11-5-3-7-13-15(11)17-14-8-4-6-12(10(2)20)16(14)18-13/h3-10,19-20H,1-2H3/t9-,10-/m1/s1. The van der Waals surface area contributed by atoms with Gasteiger partial charge in [0.25, 0.3) is 0 Å². The van der Waals surface area contributed by atoms with E-state index in [1.54, 1.807) is 13.8 Å². The van der Waals surface area contributed by atoms with Gasteiger partial charge >= 0.3 is 0 Å². The minimum absolute atomic E-state index is 0.592. The van der Waals surface area contributed by atoms with Gasteiger partial charge in [-0.25, -0.2) is 9.97 Å². The van der Waals surface area contributed by atoms with E-state index in [4.69, 9.17) is 0 Å². The summed E-state index contributed by atoms with van der Waals surface area (Å²) in [5.41, 5.74) is 4.39. The summed E-state index contributed by atoms with van der Waals surface area (Å²) in [6, 6.07) is 11.2. The Hall–Kier alpha value is -2.04. The fourth-order valence-corrected chi connectivity index (χ4v) is 2.44. The molecule has 0 fully saturated rings. The van der Waals surface area contributed by atoms with E-state index < -0.39 is 12.2 Å². The third kappa shape index (κ3) is 2.03. The average Bonchev–Trinajstić information content (AvgIpc) is 2.43. The predicted molar refractivity (Wildman–Crippen MR) is 78.3 cm³/mol. The smallest absolute Gasteiger partial charge is 0.0952 e. The molecule has 0 amide bonds. The Morgan fingerprint density at radius 3 is 1.50 bits per heavy atom. The molecule has 0 bridgehead atoms. The molecule has 0 aliphatic carbocycles. The molecular weight excluding hydrogens is 252 g/mol. The number of hydrogen-bond acceptors (Lipinski definition) is 4. The van der Waals surface area contributed by atoms with Crippen molar-refractivity contribution in [2.45, 2.75) is 26.1 Å². The molecule has 102 valence electrons. The molecule has 20 heavy (non-hydrogen) atoms. The molecule has 3 rings (SSSR count). The zero-order valence-corrected chi connectivity index (χ0v) is 11.4. The van der Waals surface area contributed by atoms with E-state index in [1.807, 2.05) is 36.4 Å². The summed E-state index contributed by atoms with van der Waals surface area (Å²) >= 11 is 0. The van der Waals surface area contributed by atoms with Crippen LogP contribution in [0.4, 0.5) is 0 Å². The fourth-order valence-electron chi connectivity index (χ4n) is 2.44. The number of aliphatic hydroxyl groups is 2. The SMILES string of the molecule is C[C@@H](O)c1cccc2nc3c([C@@H](C)O)cccc3nc12. The lowest BCUT2D eigenvalue weighted by Crippen LogP contribution is -1.99. The Morgan fingerprint density at radius 2 is 1.15 bits per heavy atom. The number of aliphatic hydroxyl groups excluding tert-OH is 2. The van der Waals surface area contributed by atoms with E-state index in [0.29, 0.717) is 11.0 Å². The Morgan fingerprint density at radius 1 is 0.750 bits per heavy atom. The number of hydrogen-bond donors (Lipinski definition) is 2. The molecule has 1 heterocycles. The second kappa shape index (κ2) is 4.81. The maximum Gasteiger partial charge on any atom is 0.0952 e. The number of benzene rings is 2. The number of para-hydroxylation sites is 2. The van der Waals surface area contributed by atoms with Crippen LogP contribution in [-0.2, 0) is 0 Å². The van der Waals surface area contributed by atoms with Crippen molar-refractivity contribution in [2.75, 3.05) is 0 Å². The van der Waals surface area contributed by atoms with Gasteiger partial charge in [-0.15, -0.1) is 0 Å². The van der Waals surface area contributed by atoms with Crippen LogP contribution >= 0.6 is 0 Å². The quantitative estimate of drug-likeness (QED) is 0.701. The van der Waals surface area contributed by atoms with Gasteiger partial charge in [0.2, 0.25) is 0 Å². The van der Waals surface area contributed by atoms with Crippen molar-refractivity contribution in [3.8, 4) is 0 Å². The summed E-state index contributed by atoms with van der Waals surface area (Å²) in [5, 5.41) is 19.7. The first-order valence-electron chi connectivity index (χ1n) is 6.63. The molecule has 1 aromatic heterocycles. The molecule has 4 nitrogen and oxygen atoms in total. The van der Waals surface area contributed by atoms with Crippen LogP contribution in [0.2, 0.25) is 0 Å². The van der Waals surface area contributed by atoms with Crippen LogP contribution in [0, 0.1) is 0 Å². The normalized spacial score (nSPS) is 14.6. The van der Waals surface area contributed by atoms with Crippen molar-refractivity contribution >= 4 is 22.1 Å². The Balaban J connectivity index is 2.40. The predicted octanol–water partition coefficient (Wildman–Crippen LogP) is 2.89. The molecule has 0 unspecified atom stereocenters. The molecule has 0 saturated heterocycles. The minimum atomic E-state index is -0.592. The van der Waals surface area contributed by atoms with Gasteiger partial charge in [0.05, 0.1) is 34.3 Å². The van der Waals surface area contributed by atoms with E-state index in [2.05, 4.69) is 9.97 Å². The van der Waals surface area contributed by atoms with E-state index in [9.17, 15) is 10.2 Å². The zero-order chi connectivity index (χ0) is 14.3. The van der Waals surface area contributed by atoms with Crippen molar-refractivity contribution in [1.29, 1.82) is 0 Å². The molecule has 0 saturated carbocycles. The summed E-state index contributed by atoms with van der Waals surface area (Å²) in [7, 11) is 0. The molecule has 0 radical (unpaired) electrons. The van der Waals surface area contributed by atoms with Crippen molar-refractivity contribution < 1.29 is 10.2 Å². The third-order valence-electron chi connectivity index (χ3n) is 3.46. The Labute approximate surface area is 116 Å². The summed E-state index contributed by atoms with van der Waals surface area (Å²) in [5.74, 6) is 0. The molecule has 0 aliphatic heterocycles. The van der Waals surface area contributed by atoms with Crippen LogP contribution in [0.25, 0.3) is 22.1 Å². The van der Waals surface area contributed by atoms with Crippen molar-refractivity contribution in [1.82, 2.24) is 9.97 Å². The number of aromatic nitrogens is 2. The lowest BCUT2D eigenvalue weighted by molar-refractivity contribution is 0.200. The molecule has 4 heteroatoms. The molecular formula is C16H16N2O2. The van der Waals surface area contributed by atoms with E-state index in [1.165, 1.54) is 0 Å². The first kappa shape index (κ1) is 13.0. The van der Waals surface area contributed by atoms with Crippen LogP contribution in [0.15, 0.2) is 36.4 Å². The van der Waals surface area contributed by atoms with Crippen molar-refractivity contribution in [3.05, 3.63) is 47.5 Å². The van der Waals surface area contributed by atoms with Gasteiger partial charge in [-0.1, -0.05) is 24.3 Å². The second-order valence-electron chi connectivity index (χ2n) is 5.01. The monoisotopic (exact) mass is 268 g/mol. The van der Waals surface area contributed by atoms with Gasteiger partial charge in [-0.3, -0.25) is 0 Å². The maximum atomic E-state index is 9.83. The average molecular weight is 268 g/mol.